The van der Waals surface area contributed by atoms with E-state index in [4.69, 9.17) is 0 Å². The summed E-state index contributed by atoms with van der Waals surface area (Å²) in [5.74, 6) is 1.37. The maximum absolute atomic E-state index is 3.56. The lowest BCUT2D eigenvalue weighted by atomic mass is 9.84. The third kappa shape index (κ3) is 1.84. The molecule has 64 valence electrons. The number of hydrogen-bond donors (Lipinski definition) is 1. The van der Waals surface area contributed by atoms with Crippen LogP contribution in [0.4, 0.5) is 0 Å². The van der Waals surface area contributed by atoms with Crippen molar-refractivity contribution in [3.8, 4) is 0 Å². The average Bonchev–Trinajstić information content (AvgIpc) is 1.95. The van der Waals surface area contributed by atoms with Gasteiger partial charge in [-0.25, -0.2) is 0 Å². The van der Waals surface area contributed by atoms with Crippen LogP contribution in [-0.4, -0.2) is 12.1 Å². The molecule has 1 heteroatoms. The highest BCUT2D eigenvalue weighted by Gasteiger charge is 2.27. The van der Waals surface area contributed by atoms with E-state index in [-0.39, 0.29) is 5.54 Å². The smallest absolute Gasteiger partial charge is 0.0359 e. The number of rotatable bonds is 1. The summed E-state index contributed by atoms with van der Waals surface area (Å²) in [5.41, 5.74) is 0.229. The van der Waals surface area contributed by atoms with Crippen LogP contribution < -0.4 is 5.32 Å². The first-order chi connectivity index (χ1) is 5.04. The Balaban J connectivity index is 2.68. The fourth-order valence-electron chi connectivity index (χ4n) is 1.27. The summed E-state index contributed by atoms with van der Waals surface area (Å²) in [6, 6.07) is 0. The molecule has 0 aliphatic carbocycles. The van der Waals surface area contributed by atoms with E-state index in [1.54, 1.807) is 0 Å². The maximum atomic E-state index is 3.56. The van der Waals surface area contributed by atoms with Crippen molar-refractivity contribution in [2.45, 2.75) is 33.2 Å². The Hall–Kier alpha value is -0.300. The van der Waals surface area contributed by atoms with E-state index in [1.165, 1.54) is 0 Å². The highest BCUT2D eigenvalue weighted by atomic mass is 15.0. The molecule has 2 atom stereocenters. The molecule has 1 N–H and O–H groups in total. The van der Waals surface area contributed by atoms with Crippen molar-refractivity contribution in [3.63, 3.8) is 0 Å². The minimum absolute atomic E-state index is 0.229. The molecule has 1 nitrogen and oxygen atoms in total. The second-order valence-electron chi connectivity index (χ2n) is 4.15. The lowest BCUT2D eigenvalue weighted by Gasteiger charge is -2.36. The lowest BCUT2D eigenvalue weighted by molar-refractivity contribution is 0.302. The van der Waals surface area contributed by atoms with Gasteiger partial charge in [-0.15, -0.1) is 0 Å². The average molecular weight is 153 g/mol. The van der Waals surface area contributed by atoms with Crippen LogP contribution in [0.3, 0.4) is 0 Å². The molecule has 2 unspecified atom stereocenters. The Bertz CT molecular complexity index is 160. The Morgan fingerprint density at radius 2 is 2.18 bits per heavy atom. The Kier molecular flexibility index (Phi) is 2.38. The van der Waals surface area contributed by atoms with Gasteiger partial charge in [-0.3, -0.25) is 0 Å². The van der Waals surface area contributed by atoms with Gasteiger partial charge in [-0.05, 0) is 18.8 Å². The third-order valence-electron chi connectivity index (χ3n) is 2.78. The Morgan fingerprint density at radius 3 is 2.55 bits per heavy atom. The van der Waals surface area contributed by atoms with E-state index in [0.29, 0.717) is 11.8 Å². The van der Waals surface area contributed by atoms with Gasteiger partial charge in [0.05, 0.1) is 0 Å². The van der Waals surface area contributed by atoms with Crippen LogP contribution in [0.25, 0.3) is 0 Å². The zero-order valence-corrected chi connectivity index (χ0v) is 8.02. The highest BCUT2D eigenvalue weighted by molar-refractivity contribution is 5.11. The van der Waals surface area contributed by atoms with E-state index < -0.39 is 0 Å². The first-order valence-electron chi connectivity index (χ1n) is 4.49. The molecule has 0 fully saturated rings. The van der Waals surface area contributed by atoms with Crippen molar-refractivity contribution in [3.05, 3.63) is 12.2 Å². The molecule has 0 bridgehead atoms. The molecule has 1 aliphatic heterocycles. The Morgan fingerprint density at radius 1 is 1.55 bits per heavy atom. The first-order valence-corrected chi connectivity index (χ1v) is 4.49. The van der Waals surface area contributed by atoms with Crippen LogP contribution in [0.1, 0.15) is 27.7 Å². The molecule has 0 spiro atoms. The predicted octanol–water partition coefficient (Wildman–Crippen LogP) is 2.20. The minimum Gasteiger partial charge on any atom is -0.307 e. The summed E-state index contributed by atoms with van der Waals surface area (Å²) >= 11 is 0. The summed E-state index contributed by atoms with van der Waals surface area (Å²) in [7, 11) is 0. The normalized spacial score (nSPS) is 38.1. The molecule has 1 heterocycles. The van der Waals surface area contributed by atoms with Crippen molar-refractivity contribution in [1.82, 2.24) is 5.32 Å². The molecule has 1 rings (SSSR count). The van der Waals surface area contributed by atoms with Crippen LogP contribution in [0.2, 0.25) is 0 Å². The van der Waals surface area contributed by atoms with Crippen molar-refractivity contribution in [1.29, 1.82) is 0 Å². The fraction of sp³-hybridized carbons (Fsp3) is 0.800. The molecule has 0 saturated carbocycles. The largest absolute Gasteiger partial charge is 0.307 e. The van der Waals surface area contributed by atoms with Gasteiger partial charge in [0.2, 0.25) is 0 Å². The lowest BCUT2D eigenvalue weighted by Crippen LogP contribution is -2.49. The van der Waals surface area contributed by atoms with E-state index in [0.717, 1.165) is 6.54 Å². The molecule has 0 amide bonds. The summed E-state index contributed by atoms with van der Waals surface area (Å²) in [4.78, 5) is 0. The molecule has 1 aliphatic rings. The molecule has 0 aromatic heterocycles. The monoisotopic (exact) mass is 153 g/mol. The van der Waals surface area contributed by atoms with Gasteiger partial charge in [-0.1, -0.05) is 32.9 Å². The van der Waals surface area contributed by atoms with Crippen LogP contribution in [0, 0.1) is 11.8 Å². The molecule has 11 heavy (non-hydrogen) atoms. The van der Waals surface area contributed by atoms with Gasteiger partial charge in [0.15, 0.2) is 0 Å². The van der Waals surface area contributed by atoms with Crippen molar-refractivity contribution in [2.75, 3.05) is 6.54 Å². The standard InChI is InChI=1S/C10H19N/c1-8(2)10(4)6-5-9(3)7-11-10/h5-6,8-9,11H,7H2,1-4H3. The van der Waals surface area contributed by atoms with Gasteiger partial charge in [0.25, 0.3) is 0 Å². The van der Waals surface area contributed by atoms with Crippen LogP contribution in [0.5, 0.6) is 0 Å². The molecule has 0 saturated heterocycles. The fourth-order valence-corrected chi connectivity index (χ4v) is 1.27. The van der Waals surface area contributed by atoms with E-state index in [1.807, 2.05) is 0 Å². The zero-order valence-electron chi connectivity index (χ0n) is 8.02. The van der Waals surface area contributed by atoms with Crippen LogP contribution in [-0.2, 0) is 0 Å². The number of nitrogens with one attached hydrogen (secondary N) is 1. The van der Waals surface area contributed by atoms with E-state index in [9.17, 15) is 0 Å². The van der Waals surface area contributed by atoms with Crippen molar-refractivity contribution >= 4 is 0 Å². The molecule has 0 aromatic carbocycles. The maximum Gasteiger partial charge on any atom is 0.0359 e. The first kappa shape index (κ1) is 8.79. The van der Waals surface area contributed by atoms with Crippen molar-refractivity contribution in [2.24, 2.45) is 11.8 Å². The Labute approximate surface area is 69.9 Å². The summed E-state index contributed by atoms with van der Waals surface area (Å²) in [6.07, 6.45) is 4.63. The van der Waals surface area contributed by atoms with E-state index >= 15 is 0 Å². The quantitative estimate of drug-likeness (QED) is 0.569. The van der Waals surface area contributed by atoms with E-state index in [2.05, 4.69) is 45.2 Å². The van der Waals surface area contributed by atoms with Crippen LogP contribution in [0.15, 0.2) is 12.2 Å². The topological polar surface area (TPSA) is 12.0 Å². The second kappa shape index (κ2) is 2.98. The summed E-state index contributed by atoms with van der Waals surface area (Å²) in [5, 5.41) is 3.56. The van der Waals surface area contributed by atoms with Gasteiger partial charge in [-0.2, -0.15) is 0 Å². The zero-order chi connectivity index (χ0) is 8.48. The second-order valence-corrected chi connectivity index (χ2v) is 4.15. The third-order valence-corrected chi connectivity index (χ3v) is 2.78. The van der Waals surface area contributed by atoms with Crippen LogP contribution >= 0.6 is 0 Å². The minimum atomic E-state index is 0.229. The molecule has 0 aromatic rings. The molecular formula is C10H19N. The highest BCUT2D eigenvalue weighted by Crippen LogP contribution is 2.22. The molecule has 0 radical (unpaired) electrons. The van der Waals surface area contributed by atoms with Gasteiger partial charge in [0, 0.05) is 12.1 Å². The molecular weight excluding hydrogens is 134 g/mol. The van der Waals surface area contributed by atoms with Gasteiger partial charge < -0.3 is 5.32 Å². The summed E-state index contributed by atoms with van der Waals surface area (Å²) < 4.78 is 0. The SMILES string of the molecule is CC1C=CC(C)(C(C)C)NC1. The number of hydrogen-bond acceptors (Lipinski definition) is 1. The van der Waals surface area contributed by atoms with Crippen molar-refractivity contribution < 1.29 is 0 Å². The van der Waals surface area contributed by atoms with Gasteiger partial charge in [0.1, 0.15) is 0 Å². The summed E-state index contributed by atoms with van der Waals surface area (Å²) in [6.45, 7) is 10.1. The van der Waals surface area contributed by atoms with Gasteiger partial charge >= 0.3 is 0 Å². The predicted molar refractivity (Wildman–Crippen MR) is 49.5 cm³/mol.